The second-order valence-electron chi connectivity index (χ2n) is 6.12. The van der Waals surface area contributed by atoms with Crippen molar-refractivity contribution >= 4 is 16.9 Å². The molecule has 6 nitrogen and oxygen atoms in total. The fraction of sp³-hybridized carbons (Fsp3) is 0.389. The van der Waals surface area contributed by atoms with Crippen LogP contribution in [-0.2, 0) is 13.0 Å². The quantitative estimate of drug-likeness (QED) is 0.717. The molecule has 3 rings (SSSR count). The average molecular weight is 343 g/mol. The lowest BCUT2D eigenvalue weighted by Gasteiger charge is -2.17. The molecule has 0 saturated carbocycles. The zero-order valence-corrected chi connectivity index (χ0v) is 14.5. The lowest BCUT2D eigenvalue weighted by atomic mass is 10.1. The highest BCUT2D eigenvalue weighted by molar-refractivity contribution is 6.04. The van der Waals surface area contributed by atoms with Crippen LogP contribution >= 0.6 is 0 Å². The number of imidazole rings is 2. The fourth-order valence-corrected chi connectivity index (χ4v) is 2.97. The Morgan fingerprint density at radius 2 is 2.20 bits per heavy atom. The van der Waals surface area contributed by atoms with Crippen molar-refractivity contribution in [1.82, 2.24) is 24.4 Å². The molecule has 7 heteroatoms. The van der Waals surface area contributed by atoms with Crippen LogP contribution in [-0.4, -0.2) is 43.9 Å². The molecule has 0 aliphatic heterocycles. The summed E-state index contributed by atoms with van der Waals surface area (Å²) in [4.78, 5) is 25.6. The molecule has 1 N–H and O–H groups in total. The largest absolute Gasteiger partial charge is 0.344 e. The number of aryl methyl sites for hydroxylation is 2. The Hall–Kier alpha value is -2.70. The summed E-state index contributed by atoms with van der Waals surface area (Å²) in [7, 11) is 1.73. The number of nitrogens with one attached hydrogen (secondary N) is 1. The van der Waals surface area contributed by atoms with Gasteiger partial charge in [0.05, 0.1) is 17.4 Å². The topological polar surface area (TPSA) is 66.8 Å². The number of nitrogens with zero attached hydrogens (tertiary/aromatic N) is 4. The van der Waals surface area contributed by atoms with Crippen molar-refractivity contribution in [3.8, 4) is 0 Å². The number of amides is 1. The van der Waals surface area contributed by atoms with E-state index in [0.717, 1.165) is 31.6 Å². The maximum atomic E-state index is 13.7. The number of carbonyl (C=O) groups excluding carboxylic acids is 1. The third-order valence-electron chi connectivity index (χ3n) is 4.23. The highest BCUT2D eigenvalue weighted by atomic mass is 19.1. The predicted octanol–water partition coefficient (Wildman–Crippen LogP) is 3.01. The Morgan fingerprint density at radius 1 is 1.36 bits per heavy atom. The highest BCUT2D eigenvalue weighted by Crippen LogP contribution is 2.19. The van der Waals surface area contributed by atoms with Crippen LogP contribution in [0.3, 0.4) is 0 Å². The van der Waals surface area contributed by atoms with Gasteiger partial charge < -0.3 is 14.5 Å². The van der Waals surface area contributed by atoms with Gasteiger partial charge in [0, 0.05) is 39.0 Å². The van der Waals surface area contributed by atoms with E-state index in [1.807, 2.05) is 6.20 Å². The van der Waals surface area contributed by atoms with Gasteiger partial charge in [-0.2, -0.15) is 0 Å². The van der Waals surface area contributed by atoms with E-state index < -0.39 is 5.82 Å². The van der Waals surface area contributed by atoms with Gasteiger partial charge >= 0.3 is 0 Å². The maximum Gasteiger partial charge on any atom is 0.255 e. The van der Waals surface area contributed by atoms with Crippen LogP contribution in [0, 0.1) is 5.82 Å². The van der Waals surface area contributed by atoms with Crippen LogP contribution < -0.4 is 0 Å². The highest BCUT2D eigenvalue weighted by Gasteiger charge is 2.18. The van der Waals surface area contributed by atoms with E-state index in [0.29, 0.717) is 17.6 Å². The van der Waals surface area contributed by atoms with Crippen LogP contribution in [0.15, 0.2) is 30.9 Å². The molecule has 1 aromatic carbocycles. The first-order valence-electron chi connectivity index (χ1n) is 8.48. The molecule has 0 atom stereocenters. The van der Waals surface area contributed by atoms with Crippen LogP contribution in [0.1, 0.15) is 35.9 Å². The molecule has 0 spiro atoms. The number of H-pyrrole nitrogens is 1. The van der Waals surface area contributed by atoms with Gasteiger partial charge in [-0.25, -0.2) is 14.4 Å². The fourth-order valence-electron chi connectivity index (χ4n) is 2.97. The molecule has 25 heavy (non-hydrogen) atoms. The second-order valence-corrected chi connectivity index (χ2v) is 6.12. The number of halogens is 1. The summed E-state index contributed by atoms with van der Waals surface area (Å²) in [6.07, 6.45) is 7.90. The molecule has 0 bridgehead atoms. The molecule has 3 aromatic rings. The summed E-state index contributed by atoms with van der Waals surface area (Å²) in [5.41, 5.74) is 1.31. The lowest BCUT2D eigenvalue weighted by Crippen LogP contribution is -2.28. The van der Waals surface area contributed by atoms with Crippen LogP contribution in [0.25, 0.3) is 11.0 Å². The van der Waals surface area contributed by atoms with Gasteiger partial charge in [-0.05, 0) is 25.0 Å². The SMILES string of the molecule is CCCn1ccnc1CCCN(C)C(=O)c1cc(F)cc2[nH]cnc12. The molecule has 0 saturated heterocycles. The maximum absolute atomic E-state index is 13.7. The van der Waals surface area contributed by atoms with Crippen molar-refractivity contribution < 1.29 is 9.18 Å². The van der Waals surface area contributed by atoms with Crippen molar-refractivity contribution in [2.45, 2.75) is 32.7 Å². The number of aromatic amines is 1. The van der Waals surface area contributed by atoms with E-state index in [4.69, 9.17) is 0 Å². The van der Waals surface area contributed by atoms with E-state index in [2.05, 4.69) is 26.4 Å². The summed E-state index contributed by atoms with van der Waals surface area (Å²) in [5.74, 6) is 0.353. The van der Waals surface area contributed by atoms with Crippen molar-refractivity contribution in [2.75, 3.05) is 13.6 Å². The smallest absolute Gasteiger partial charge is 0.255 e. The Kier molecular flexibility index (Phi) is 5.11. The van der Waals surface area contributed by atoms with E-state index in [1.165, 1.54) is 18.5 Å². The van der Waals surface area contributed by atoms with Crippen molar-refractivity contribution in [3.63, 3.8) is 0 Å². The molecule has 0 aliphatic carbocycles. The van der Waals surface area contributed by atoms with E-state index in [1.54, 1.807) is 18.1 Å². The first-order chi connectivity index (χ1) is 12.1. The first kappa shape index (κ1) is 17.1. The van der Waals surface area contributed by atoms with Gasteiger partial charge in [-0.3, -0.25) is 4.79 Å². The Bertz CT molecular complexity index is 869. The summed E-state index contributed by atoms with van der Waals surface area (Å²) in [6.45, 7) is 3.65. The molecular formula is C18H22FN5O. The van der Waals surface area contributed by atoms with Gasteiger partial charge in [0.1, 0.15) is 17.2 Å². The van der Waals surface area contributed by atoms with Crippen LogP contribution in [0.5, 0.6) is 0 Å². The number of hydrogen-bond donors (Lipinski definition) is 1. The van der Waals surface area contributed by atoms with Gasteiger partial charge in [0.2, 0.25) is 0 Å². The molecule has 2 heterocycles. The standard InChI is InChI=1S/C18H22FN5O/c1-3-7-24-9-6-20-16(24)5-4-8-23(2)18(25)14-10-13(19)11-15-17(14)22-12-21-15/h6,9-12H,3-5,7-8H2,1-2H3,(H,21,22). The number of benzene rings is 1. The van der Waals surface area contributed by atoms with Crippen molar-refractivity contribution in [2.24, 2.45) is 0 Å². The summed E-state index contributed by atoms with van der Waals surface area (Å²) in [5, 5.41) is 0. The first-order valence-corrected chi connectivity index (χ1v) is 8.48. The number of carbonyl (C=O) groups is 1. The second kappa shape index (κ2) is 7.46. The van der Waals surface area contributed by atoms with E-state index >= 15 is 0 Å². The zero-order chi connectivity index (χ0) is 17.8. The van der Waals surface area contributed by atoms with Gasteiger partial charge in [0.15, 0.2) is 0 Å². The van der Waals surface area contributed by atoms with Crippen LogP contribution in [0.4, 0.5) is 4.39 Å². The zero-order valence-electron chi connectivity index (χ0n) is 14.5. The average Bonchev–Trinajstić information content (AvgIpc) is 3.23. The van der Waals surface area contributed by atoms with Gasteiger partial charge in [-0.1, -0.05) is 6.92 Å². The summed E-state index contributed by atoms with van der Waals surface area (Å²) >= 11 is 0. The predicted molar refractivity (Wildman–Crippen MR) is 93.9 cm³/mol. The molecule has 0 unspecified atom stereocenters. The van der Waals surface area contributed by atoms with Crippen molar-refractivity contribution in [1.29, 1.82) is 0 Å². The third-order valence-corrected chi connectivity index (χ3v) is 4.23. The lowest BCUT2D eigenvalue weighted by molar-refractivity contribution is 0.0794. The summed E-state index contributed by atoms with van der Waals surface area (Å²) < 4.78 is 15.9. The Balaban J connectivity index is 1.64. The molecule has 0 fully saturated rings. The Morgan fingerprint density at radius 3 is 3.00 bits per heavy atom. The number of hydrogen-bond acceptors (Lipinski definition) is 3. The minimum absolute atomic E-state index is 0.228. The van der Waals surface area contributed by atoms with E-state index in [-0.39, 0.29) is 11.5 Å². The summed E-state index contributed by atoms with van der Waals surface area (Å²) in [6, 6.07) is 2.59. The minimum Gasteiger partial charge on any atom is -0.344 e. The van der Waals surface area contributed by atoms with Gasteiger partial charge in [0.25, 0.3) is 5.91 Å². The number of fused-ring (bicyclic) bond motifs is 1. The molecule has 0 radical (unpaired) electrons. The number of aromatic nitrogens is 4. The monoisotopic (exact) mass is 343 g/mol. The normalized spacial score (nSPS) is 11.2. The number of rotatable bonds is 7. The minimum atomic E-state index is -0.449. The molecule has 0 aliphatic rings. The molecule has 1 amide bonds. The van der Waals surface area contributed by atoms with Crippen LogP contribution in [0.2, 0.25) is 0 Å². The third kappa shape index (κ3) is 3.70. The Labute approximate surface area is 145 Å². The van der Waals surface area contributed by atoms with E-state index in [9.17, 15) is 9.18 Å². The van der Waals surface area contributed by atoms with Gasteiger partial charge in [-0.15, -0.1) is 0 Å². The molecule has 2 aromatic heterocycles. The van der Waals surface area contributed by atoms with Crippen molar-refractivity contribution in [3.05, 3.63) is 48.1 Å². The molecular weight excluding hydrogens is 321 g/mol. The molecule has 132 valence electrons.